The average molecular weight is 1040 g/mol. The van der Waals surface area contributed by atoms with Crippen LogP contribution in [0.3, 0.4) is 0 Å². The number of carbonyl (C=O) groups is 9. The van der Waals surface area contributed by atoms with Crippen LogP contribution in [0.1, 0.15) is 84.5 Å². The van der Waals surface area contributed by atoms with Gasteiger partial charge in [-0.3, -0.25) is 48.1 Å². The lowest BCUT2D eigenvalue weighted by Crippen LogP contribution is -2.52. The molecule has 396 valence electrons. The number of nitrogens with one attached hydrogen (secondary N) is 6. The monoisotopic (exact) mass is 1040 g/mol. The smallest absolute Gasteiger partial charge is 0.343 e. The minimum atomic E-state index is -2.07. The fourth-order valence-electron chi connectivity index (χ4n) is 9.81. The van der Waals surface area contributed by atoms with Crippen LogP contribution in [0.2, 0.25) is 0 Å². The van der Waals surface area contributed by atoms with Crippen molar-refractivity contribution in [3.63, 3.8) is 0 Å². The number of rotatable bonds is 20. The second kappa shape index (κ2) is 22.3. The molecule has 4 aromatic rings. The highest BCUT2D eigenvalue weighted by atomic mass is 19.1. The summed E-state index contributed by atoms with van der Waals surface area (Å²) >= 11 is 0. The first-order valence-corrected chi connectivity index (χ1v) is 24.4. The zero-order valence-corrected chi connectivity index (χ0v) is 41.3. The predicted molar refractivity (Wildman–Crippen MR) is 260 cm³/mol. The highest BCUT2D eigenvalue weighted by Gasteiger charge is 2.46. The summed E-state index contributed by atoms with van der Waals surface area (Å²) in [7, 11) is 0. The maximum Gasteiger partial charge on any atom is 0.343 e. The standard InChI is InChI=1S/C51H56FN9O14/c1-4-51(73)31-16-36-45-29(21-61(36)49(71)30(31)22-75-50(51)72)44-33(11-10-28-26(3)32(52)17-34(58-45)43(28)44)59-47(69)37(62)23-74-24-56-40(65)19-55-46(68)35(15-27-8-6-5-7-9-27)57-41(66)20-54-39(64)18-53-38(63)12-13-60-42(67)14-25(2)48(60)70/h5-9,16-17,25,33,35,37,62,73H,4,10-15,18-24H2,1-3H3,(H,53,63)(H,54,64)(H,55,68)(H,56,65)(H,57,66)(H,59,69)/t25?,33-,35-,37+,51-/m0/s1. The Morgan fingerprint density at radius 3 is 2.35 bits per heavy atom. The van der Waals surface area contributed by atoms with Crippen molar-refractivity contribution in [1.29, 1.82) is 0 Å². The maximum absolute atomic E-state index is 15.4. The lowest BCUT2D eigenvalue weighted by Gasteiger charge is -2.31. The van der Waals surface area contributed by atoms with Crippen molar-refractivity contribution in [2.24, 2.45) is 5.92 Å². The van der Waals surface area contributed by atoms with Gasteiger partial charge in [-0.2, -0.15) is 0 Å². The van der Waals surface area contributed by atoms with Crippen molar-refractivity contribution in [2.45, 2.75) is 96.2 Å². The van der Waals surface area contributed by atoms with Crippen molar-refractivity contribution in [3.8, 4) is 11.4 Å². The molecule has 8 amide bonds. The normalized spacial score (nSPS) is 19.0. The number of benzene rings is 2. The zero-order chi connectivity index (χ0) is 53.9. The van der Waals surface area contributed by atoms with Crippen molar-refractivity contribution >= 4 is 64.1 Å². The van der Waals surface area contributed by atoms with Gasteiger partial charge in [-0.05, 0) is 54.5 Å². The van der Waals surface area contributed by atoms with Crippen LogP contribution in [-0.2, 0) is 84.2 Å². The largest absolute Gasteiger partial charge is 0.458 e. The van der Waals surface area contributed by atoms with Gasteiger partial charge in [0.25, 0.3) is 11.5 Å². The van der Waals surface area contributed by atoms with E-state index in [9.17, 15) is 58.2 Å². The molecule has 8 N–H and O–H groups in total. The number of hydrogen-bond donors (Lipinski definition) is 8. The van der Waals surface area contributed by atoms with E-state index in [2.05, 4.69) is 31.9 Å². The van der Waals surface area contributed by atoms with E-state index in [-0.39, 0.29) is 80.3 Å². The Balaban J connectivity index is 0.824. The Kier molecular flexibility index (Phi) is 15.8. The molecular weight excluding hydrogens is 982 g/mol. The van der Waals surface area contributed by atoms with Crippen LogP contribution in [0.4, 0.5) is 4.39 Å². The van der Waals surface area contributed by atoms with E-state index in [0.717, 1.165) is 4.90 Å². The lowest BCUT2D eigenvalue weighted by atomic mass is 9.81. The molecule has 0 radical (unpaired) electrons. The number of aryl methyl sites for hydroxylation is 1. The summed E-state index contributed by atoms with van der Waals surface area (Å²) in [4.78, 5) is 134. The molecule has 8 rings (SSSR count). The number of carbonyl (C=O) groups excluding carboxylic acids is 9. The predicted octanol–water partition coefficient (Wildman–Crippen LogP) is -1.06. The summed E-state index contributed by atoms with van der Waals surface area (Å²) in [6, 6.07) is 9.51. The number of imide groups is 1. The number of ether oxygens (including phenoxy) is 2. The van der Waals surface area contributed by atoms with Gasteiger partial charge in [0.15, 0.2) is 11.7 Å². The highest BCUT2D eigenvalue weighted by molar-refractivity contribution is 6.03. The third-order valence-corrected chi connectivity index (χ3v) is 13.9. The Labute approximate surface area is 427 Å². The van der Waals surface area contributed by atoms with Crippen molar-refractivity contribution in [3.05, 3.63) is 97.6 Å². The minimum Gasteiger partial charge on any atom is -0.458 e. The molecule has 23 nitrogen and oxygen atoms in total. The average Bonchev–Trinajstić information content (AvgIpc) is 3.93. The third-order valence-electron chi connectivity index (χ3n) is 13.9. The summed E-state index contributed by atoms with van der Waals surface area (Å²) in [6.45, 7) is 1.69. The van der Waals surface area contributed by atoms with E-state index in [1.807, 2.05) is 0 Å². The first-order valence-electron chi connectivity index (χ1n) is 24.4. The van der Waals surface area contributed by atoms with E-state index in [4.69, 9.17) is 14.5 Å². The molecule has 0 spiro atoms. The number of aliphatic hydroxyl groups is 2. The summed E-state index contributed by atoms with van der Waals surface area (Å²) in [5.41, 5.74) is 1.39. The fraction of sp³-hybridized carbons (Fsp3) is 0.431. The highest BCUT2D eigenvalue weighted by Crippen LogP contribution is 2.46. The van der Waals surface area contributed by atoms with Crippen LogP contribution in [0.25, 0.3) is 22.3 Å². The number of nitrogens with zero attached hydrogens (tertiary/aromatic N) is 3. The second-order valence-corrected chi connectivity index (χ2v) is 18.9. The molecule has 1 fully saturated rings. The summed E-state index contributed by atoms with van der Waals surface area (Å²) in [6.07, 6.45) is -1.32. The van der Waals surface area contributed by atoms with Crippen LogP contribution in [-0.4, -0.2) is 130 Å². The van der Waals surface area contributed by atoms with Gasteiger partial charge < -0.3 is 56.2 Å². The molecule has 1 saturated heterocycles. The SMILES string of the molecule is CC[C@@]1(O)C(=O)OCc2c1cc1n(c2=O)Cc2c-1nc1cc(F)c(C)c3c1c2[C@@H](NC(=O)[C@H](O)COCNC(=O)CNC(=O)[C@H](Cc1ccccc1)NC(=O)CNC(=O)CNC(=O)CCN1C(=O)CC(C)C1=O)CC3. The number of halogens is 1. The molecule has 0 bridgehead atoms. The molecule has 24 heteroatoms. The van der Waals surface area contributed by atoms with E-state index in [1.54, 1.807) is 51.1 Å². The van der Waals surface area contributed by atoms with E-state index in [0.29, 0.717) is 51.0 Å². The van der Waals surface area contributed by atoms with Crippen molar-refractivity contribution < 1.29 is 67.2 Å². The zero-order valence-electron chi connectivity index (χ0n) is 41.3. The fourth-order valence-corrected chi connectivity index (χ4v) is 9.81. The molecule has 3 aliphatic heterocycles. The Bertz CT molecular complexity index is 3090. The van der Waals surface area contributed by atoms with Crippen molar-refractivity contribution in [2.75, 3.05) is 39.5 Å². The Morgan fingerprint density at radius 2 is 1.63 bits per heavy atom. The van der Waals surface area contributed by atoms with Crippen LogP contribution < -0.4 is 37.5 Å². The number of amides is 8. The number of cyclic esters (lactones) is 1. The molecule has 75 heavy (non-hydrogen) atoms. The maximum atomic E-state index is 15.4. The van der Waals surface area contributed by atoms with Gasteiger partial charge in [0, 0.05) is 54.3 Å². The quantitative estimate of drug-likeness (QED) is 0.0200. The van der Waals surface area contributed by atoms with E-state index >= 15 is 4.39 Å². The first-order chi connectivity index (χ1) is 35.8. The summed E-state index contributed by atoms with van der Waals surface area (Å²) < 4.78 is 27.4. The second-order valence-electron chi connectivity index (χ2n) is 18.9. The number of aromatic nitrogens is 2. The van der Waals surface area contributed by atoms with Gasteiger partial charge in [-0.25, -0.2) is 14.2 Å². The molecule has 1 aliphatic carbocycles. The Morgan fingerprint density at radius 1 is 0.920 bits per heavy atom. The molecule has 5 heterocycles. The number of fused-ring (bicyclic) bond motifs is 5. The van der Waals surface area contributed by atoms with Gasteiger partial charge in [-0.1, -0.05) is 44.2 Å². The van der Waals surface area contributed by atoms with E-state index in [1.165, 1.54) is 16.7 Å². The van der Waals surface area contributed by atoms with Gasteiger partial charge in [0.05, 0.1) is 61.3 Å². The molecular formula is C51H56FN9O14. The third kappa shape index (κ3) is 11.1. The number of hydrogen-bond acceptors (Lipinski definition) is 15. The summed E-state index contributed by atoms with van der Waals surface area (Å²) in [5, 5.41) is 37.8. The van der Waals surface area contributed by atoms with Gasteiger partial charge in [-0.15, -0.1) is 0 Å². The number of esters is 1. The molecule has 0 saturated carbocycles. The number of likely N-dealkylation sites (tertiary alicyclic amines) is 1. The van der Waals surface area contributed by atoms with Gasteiger partial charge in [0.1, 0.15) is 25.2 Å². The topological polar surface area (TPSA) is 323 Å². The first kappa shape index (κ1) is 53.3. The van der Waals surface area contributed by atoms with Crippen LogP contribution in [0.5, 0.6) is 0 Å². The van der Waals surface area contributed by atoms with Gasteiger partial charge >= 0.3 is 5.97 Å². The van der Waals surface area contributed by atoms with Crippen LogP contribution in [0.15, 0.2) is 47.3 Å². The minimum absolute atomic E-state index is 0.00579. The molecule has 4 aliphatic rings. The van der Waals surface area contributed by atoms with E-state index < -0.39 is 115 Å². The number of aliphatic hydroxyl groups excluding tert-OH is 1. The summed E-state index contributed by atoms with van der Waals surface area (Å²) in [5.74, 6) is -6.97. The van der Waals surface area contributed by atoms with Crippen LogP contribution in [0, 0.1) is 18.7 Å². The molecule has 1 unspecified atom stereocenters. The molecule has 2 aromatic carbocycles. The van der Waals surface area contributed by atoms with Crippen molar-refractivity contribution in [1.82, 2.24) is 46.4 Å². The number of pyridine rings is 2. The molecule has 5 atom stereocenters. The molecule has 2 aromatic heterocycles. The Hall–Kier alpha value is -7.96. The lowest BCUT2D eigenvalue weighted by molar-refractivity contribution is -0.172. The van der Waals surface area contributed by atoms with Gasteiger partial charge in [0.2, 0.25) is 41.4 Å². The van der Waals surface area contributed by atoms with Crippen LogP contribution >= 0.6 is 0 Å².